The Labute approximate surface area is 169 Å². The van der Waals surface area contributed by atoms with Crippen molar-refractivity contribution in [2.45, 2.75) is 0 Å². The highest BCUT2D eigenvalue weighted by atomic mass is 35.5. The predicted molar refractivity (Wildman–Crippen MR) is 104 cm³/mol. The van der Waals surface area contributed by atoms with E-state index in [1.165, 1.54) is 19.2 Å². The van der Waals surface area contributed by atoms with E-state index < -0.39 is 16.5 Å². The fraction of sp³-hybridized carbons (Fsp3) is 0.0556. The monoisotopic (exact) mass is 415 g/mol. The van der Waals surface area contributed by atoms with E-state index in [2.05, 4.69) is 20.8 Å². The third kappa shape index (κ3) is 4.68. The molecular weight excluding hydrogens is 402 g/mol. The summed E-state index contributed by atoms with van der Waals surface area (Å²) in [6, 6.07) is 12.8. The Hall–Kier alpha value is -3.92. The first-order valence-corrected chi connectivity index (χ1v) is 8.49. The van der Waals surface area contributed by atoms with Gasteiger partial charge in [-0.2, -0.15) is 4.98 Å². The van der Waals surface area contributed by atoms with Crippen LogP contribution in [0.15, 0.2) is 54.9 Å². The Balaban J connectivity index is 1.85. The number of carbonyl (C=O) groups excluding carboxylic acids is 1. The molecule has 0 saturated carbocycles. The molecule has 10 nitrogen and oxygen atoms in total. The number of nitrogens with zero attached hydrogens (tertiary/aromatic N) is 3. The topological polar surface area (TPSA) is 129 Å². The summed E-state index contributed by atoms with van der Waals surface area (Å²) in [5.74, 6) is -0.554. The maximum Gasteiger partial charge on any atom is 0.374 e. The first kappa shape index (κ1) is 19.8. The number of carbonyl (C=O) groups is 1. The number of rotatable bonds is 7. The SMILES string of the molecule is COc1ccccc1Oc1ncnc(NNC(=O)c2cccc(Cl)c2)c1[N+](=O)[O-]. The number of hydrogen-bond donors (Lipinski definition) is 2. The lowest BCUT2D eigenvalue weighted by Gasteiger charge is -2.12. The average Bonchev–Trinajstić information content (AvgIpc) is 2.72. The molecule has 0 unspecified atom stereocenters. The number of aromatic nitrogens is 2. The van der Waals surface area contributed by atoms with Crippen molar-refractivity contribution in [3.63, 3.8) is 0 Å². The van der Waals surface area contributed by atoms with Crippen molar-refractivity contribution in [1.29, 1.82) is 0 Å². The molecule has 1 aromatic heterocycles. The standard InChI is InChI=1S/C18H14ClN5O5/c1-28-13-7-2-3-8-14(13)29-18-15(24(26)27)16(20-10-21-18)22-23-17(25)11-5-4-6-12(19)9-11/h2-10H,1H3,(H,23,25)(H,20,21,22). The van der Waals surface area contributed by atoms with Gasteiger partial charge in [0.05, 0.1) is 12.0 Å². The molecule has 0 fully saturated rings. The molecule has 0 atom stereocenters. The van der Waals surface area contributed by atoms with Crippen molar-refractivity contribution in [2.24, 2.45) is 0 Å². The molecule has 1 heterocycles. The molecular formula is C18H14ClN5O5. The van der Waals surface area contributed by atoms with Crippen LogP contribution in [-0.4, -0.2) is 27.9 Å². The lowest BCUT2D eigenvalue weighted by molar-refractivity contribution is -0.385. The molecule has 148 valence electrons. The van der Waals surface area contributed by atoms with E-state index in [0.29, 0.717) is 10.8 Å². The van der Waals surface area contributed by atoms with Crippen LogP contribution < -0.4 is 20.3 Å². The van der Waals surface area contributed by atoms with E-state index in [4.69, 9.17) is 21.1 Å². The molecule has 0 aliphatic rings. The largest absolute Gasteiger partial charge is 0.493 e. The van der Waals surface area contributed by atoms with Gasteiger partial charge in [-0.05, 0) is 30.3 Å². The molecule has 29 heavy (non-hydrogen) atoms. The number of halogens is 1. The van der Waals surface area contributed by atoms with E-state index in [0.717, 1.165) is 6.33 Å². The number of hydrazine groups is 1. The lowest BCUT2D eigenvalue weighted by Crippen LogP contribution is -2.30. The zero-order valence-electron chi connectivity index (χ0n) is 15.0. The normalized spacial score (nSPS) is 10.1. The number of amides is 1. The maximum absolute atomic E-state index is 12.2. The summed E-state index contributed by atoms with van der Waals surface area (Å²) in [6.45, 7) is 0. The van der Waals surface area contributed by atoms with Crippen LogP contribution in [0.1, 0.15) is 10.4 Å². The summed E-state index contributed by atoms with van der Waals surface area (Å²) in [5.41, 5.74) is 4.44. The zero-order chi connectivity index (χ0) is 20.8. The predicted octanol–water partition coefficient (Wildman–Crippen LogP) is 3.60. The Morgan fingerprint density at radius 1 is 1.14 bits per heavy atom. The Morgan fingerprint density at radius 3 is 2.59 bits per heavy atom. The second-order valence-electron chi connectivity index (χ2n) is 5.48. The summed E-state index contributed by atoms with van der Waals surface area (Å²) in [6.07, 6.45) is 1.06. The summed E-state index contributed by atoms with van der Waals surface area (Å²) < 4.78 is 10.7. The fourth-order valence-corrected chi connectivity index (χ4v) is 2.51. The van der Waals surface area contributed by atoms with Crippen LogP contribution in [0.25, 0.3) is 0 Å². The smallest absolute Gasteiger partial charge is 0.374 e. The molecule has 0 aliphatic carbocycles. The number of benzene rings is 2. The van der Waals surface area contributed by atoms with Gasteiger partial charge in [0, 0.05) is 10.6 Å². The van der Waals surface area contributed by atoms with Crippen LogP contribution in [0.5, 0.6) is 17.4 Å². The maximum atomic E-state index is 12.2. The van der Waals surface area contributed by atoms with Crippen LogP contribution >= 0.6 is 11.6 Å². The Kier molecular flexibility index (Phi) is 6.05. The number of nitrogens with one attached hydrogen (secondary N) is 2. The van der Waals surface area contributed by atoms with Crippen molar-refractivity contribution < 1.29 is 19.2 Å². The van der Waals surface area contributed by atoms with Gasteiger partial charge in [0.25, 0.3) is 5.91 Å². The van der Waals surface area contributed by atoms with Gasteiger partial charge in [0.1, 0.15) is 6.33 Å². The second-order valence-corrected chi connectivity index (χ2v) is 5.91. The minimum atomic E-state index is -0.724. The van der Waals surface area contributed by atoms with Gasteiger partial charge in [-0.25, -0.2) is 4.98 Å². The number of para-hydroxylation sites is 2. The lowest BCUT2D eigenvalue weighted by atomic mass is 10.2. The quantitative estimate of drug-likeness (QED) is 0.442. The highest BCUT2D eigenvalue weighted by Gasteiger charge is 2.26. The molecule has 0 saturated heterocycles. The van der Waals surface area contributed by atoms with Crippen LogP contribution in [0.2, 0.25) is 5.02 Å². The van der Waals surface area contributed by atoms with Crippen LogP contribution in [0, 0.1) is 10.1 Å². The van der Waals surface area contributed by atoms with Crippen molar-refractivity contribution in [3.05, 3.63) is 75.6 Å². The van der Waals surface area contributed by atoms with Crippen molar-refractivity contribution in [1.82, 2.24) is 15.4 Å². The van der Waals surface area contributed by atoms with Gasteiger partial charge in [-0.3, -0.25) is 25.8 Å². The Morgan fingerprint density at radius 2 is 1.90 bits per heavy atom. The van der Waals surface area contributed by atoms with Crippen molar-refractivity contribution in [2.75, 3.05) is 12.5 Å². The number of ether oxygens (including phenoxy) is 2. The van der Waals surface area contributed by atoms with E-state index in [9.17, 15) is 14.9 Å². The number of nitro groups is 1. The van der Waals surface area contributed by atoms with Gasteiger partial charge in [-0.1, -0.05) is 29.8 Å². The van der Waals surface area contributed by atoms with Gasteiger partial charge >= 0.3 is 11.6 Å². The minimum absolute atomic E-state index is 0.228. The molecule has 0 radical (unpaired) electrons. The third-order valence-corrected chi connectivity index (χ3v) is 3.86. The third-order valence-electron chi connectivity index (χ3n) is 3.63. The number of anilines is 1. The Bertz CT molecular complexity index is 1060. The van der Waals surface area contributed by atoms with Crippen LogP contribution in [0.3, 0.4) is 0 Å². The van der Waals surface area contributed by atoms with Crippen molar-refractivity contribution >= 4 is 29.0 Å². The summed E-state index contributed by atoms with van der Waals surface area (Å²) >= 11 is 5.86. The first-order chi connectivity index (χ1) is 14.0. The van der Waals surface area contributed by atoms with E-state index in [1.807, 2.05) is 0 Å². The molecule has 0 bridgehead atoms. The van der Waals surface area contributed by atoms with Gasteiger partial charge < -0.3 is 9.47 Å². The van der Waals surface area contributed by atoms with Crippen LogP contribution in [0.4, 0.5) is 11.5 Å². The summed E-state index contributed by atoms with van der Waals surface area (Å²) in [4.78, 5) is 30.7. The summed E-state index contributed by atoms with van der Waals surface area (Å²) in [5, 5.41) is 12.0. The van der Waals surface area contributed by atoms with Gasteiger partial charge in [-0.15, -0.1) is 0 Å². The molecule has 3 rings (SSSR count). The van der Waals surface area contributed by atoms with E-state index in [1.54, 1.807) is 36.4 Å². The summed E-state index contributed by atoms with van der Waals surface area (Å²) in [7, 11) is 1.44. The fourth-order valence-electron chi connectivity index (χ4n) is 2.32. The first-order valence-electron chi connectivity index (χ1n) is 8.11. The van der Waals surface area contributed by atoms with Gasteiger partial charge in [0.2, 0.25) is 5.82 Å². The van der Waals surface area contributed by atoms with Crippen LogP contribution in [-0.2, 0) is 0 Å². The van der Waals surface area contributed by atoms with E-state index >= 15 is 0 Å². The molecule has 2 aromatic carbocycles. The van der Waals surface area contributed by atoms with Gasteiger partial charge in [0.15, 0.2) is 11.5 Å². The average molecular weight is 416 g/mol. The van der Waals surface area contributed by atoms with Crippen molar-refractivity contribution in [3.8, 4) is 17.4 Å². The molecule has 0 spiro atoms. The molecule has 11 heteroatoms. The molecule has 0 aliphatic heterocycles. The zero-order valence-corrected chi connectivity index (χ0v) is 15.7. The molecule has 1 amide bonds. The molecule has 3 aromatic rings. The van der Waals surface area contributed by atoms with E-state index in [-0.39, 0.29) is 23.0 Å². The highest BCUT2D eigenvalue weighted by molar-refractivity contribution is 6.30. The number of methoxy groups -OCH3 is 1. The molecule has 2 N–H and O–H groups in total. The minimum Gasteiger partial charge on any atom is -0.493 e. The number of hydrogen-bond acceptors (Lipinski definition) is 8. The second kappa shape index (κ2) is 8.85. The highest BCUT2D eigenvalue weighted by Crippen LogP contribution is 2.37.